The van der Waals surface area contributed by atoms with Gasteiger partial charge in [0.15, 0.2) is 0 Å². The molecule has 172 valence electrons. The number of allylic oxidation sites excluding steroid dienone is 4. The lowest BCUT2D eigenvalue weighted by atomic mass is 9.82. The fourth-order valence-corrected chi connectivity index (χ4v) is 5.62. The van der Waals surface area contributed by atoms with Gasteiger partial charge < -0.3 is 0 Å². The standard InChI is InChI=1S/C31H48/c1-3-5-7-8-9-11-13-27-16-20-29(21-17-27)31-24-22-30(23-25-31)28-18-14-26(15-19-28)12-10-6-4-2/h18,20,22-27H,3-17,19,21H2,1-2H3. The molecule has 0 N–H and O–H groups in total. The van der Waals surface area contributed by atoms with Gasteiger partial charge in [-0.25, -0.2) is 0 Å². The molecule has 2 unspecified atom stereocenters. The Morgan fingerprint density at radius 1 is 0.581 bits per heavy atom. The summed E-state index contributed by atoms with van der Waals surface area (Å²) in [7, 11) is 0. The first-order valence-electron chi connectivity index (χ1n) is 13.8. The molecular weight excluding hydrogens is 372 g/mol. The summed E-state index contributed by atoms with van der Waals surface area (Å²) in [5.74, 6) is 1.87. The molecule has 0 fully saturated rings. The van der Waals surface area contributed by atoms with Gasteiger partial charge in [0.05, 0.1) is 0 Å². The summed E-state index contributed by atoms with van der Waals surface area (Å²) in [5, 5.41) is 0. The normalized spacial score (nSPS) is 21.6. The fourth-order valence-electron chi connectivity index (χ4n) is 5.62. The molecule has 0 aromatic heterocycles. The summed E-state index contributed by atoms with van der Waals surface area (Å²) in [4.78, 5) is 0. The number of hydrogen-bond acceptors (Lipinski definition) is 0. The molecule has 0 saturated carbocycles. The summed E-state index contributed by atoms with van der Waals surface area (Å²) in [6.45, 7) is 4.61. The van der Waals surface area contributed by atoms with Crippen LogP contribution in [0.15, 0.2) is 36.4 Å². The molecule has 2 atom stereocenters. The lowest BCUT2D eigenvalue weighted by Crippen LogP contribution is -2.06. The van der Waals surface area contributed by atoms with E-state index in [-0.39, 0.29) is 0 Å². The Labute approximate surface area is 193 Å². The Kier molecular flexibility index (Phi) is 11.0. The van der Waals surface area contributed by atoms with Crippen molar-refractivity contribution >= 4 is 11.1 Å². The van der Waals surface area contributed by atoms with Gasteiger partial charge in [0.25, 0.3) is 0 Å². The van der Waals surface area contributed by atoms with Crippen LogP contribution in [0, 0.1) is 11.8 Å². The van der Waals surface area contributed by atoms with E-state index in [1.165, 1.54) is 120 Å². The summed E-state index contributed by atoms with van der Waals surface area (Å²) in [6, 6.07) is 9.57. The number of unbranched alkanes of at least 4 members (excludes halogenated alkanes) is 7. The van der Waals surface area contributed by atoms with Crippen molar-refractivity contribution in [1.29, 1.82) is 0 Å². The average molecular weight is 421 g/mol. The van der Waals surface area contributed by atoms with Crippen molar-refractivity contribution in [2.24, 2.45) is 11.8 Å². The number of rotatable bonds is 13. The van der Waals surface area contributed by atoms with Crippen LogP contribution in [0.1, 0.15) is 134 Å². The quantitative estimate of drug-likeness (QED) is 0.278. The van der Waals surface area contributed by atoms with Crippen molar-refractivity contribution in [1.82, 2.24) is 0 Å². The monoisotopic (exact) mass is 420 g/mol. The molecule has 0 aliphatic heterocycles. The Morgan fingerprint density at radius 3 is 1.45 bits per heavy atom. The molecule has 31 heavy (non-hydrogen) atoms. The Morgan fingerprint density at radius 2 is 1.00 bits per heavy atom. The second kappa shape index (κ2) is 14.0. The van der Waals surface area contributed by atoms with E-state index in [0.717, 1.165) is 11.8 Å². The number of hydrogen-bond donors (Lipinski definition) is 0. The van der Waals surface area contributed by atoms with Crippen molar-refractivity contribution in [2.75, 3.05) is 0 Å². The summed E-state index contributed by atoms with van der Waals surface area (Å²) < 4.78 is 0. The van der Waals surface area contributed by atoms with Crippen molar-refractivity contribution in [3.63, 3.8) is 0 Å². The average Bonchev–Trinajstić information content (AvgIpc) is 2.82. The second-order valence-electron chi connectivity index (χ2n) is 10.4. The molecule has 0 heterocycles. The van der Waals surface area contributed by atoms with Crippen molar-refractivity contribution in [2.45, 2.75) is 123 Å². The van der Waals surface area contributed by atoms with E-state index in [4.69, 9.17) is 0 Å². The zero-order valence-electron chi connectivity index (χ0n) is 20.6. The first kappa shape index (κ1) is 24.3. The van der Waals surface area contributed by atoms with E-state index in [0.29, 0.717) is 0 Å². The molecule has 3 rings (SSSR count). The van der Waals surface area contributed by atoms with Gasteiger partial charge in [-0.1, -0.05) is 121 Å². The highest BCUT2D eigenvalue weighted by molar-refractivity contribution is 5.71. The molecule has 1 aromatic carbocycles. The molecule has 2 aliphatic rings. The molecule has 0 bridgehead atoms. The Balaban J connectivity index is 1.42. The summed E-state index contributed by atoms with van der Waals surface area (Å²) >= 11 is 0. The maximum Gasteiger partial charge on any atom is -0.0227 e. The Hall–Kier alpha value is -1.30. The summed E-state index contributed by atoms with van der Waals surface area (Å²) in [5.41, 5.74) is 6.12. The molecule has 0 nitrogen and oxygen atoms in total. The third-order valence-corrected chi connectivity index (χ3v) is 7.85. The van der Waals surface area contributed by atoms with E-state index >= 15 is 0 Å². The zero-order valence-corrected chi connectivity index (χ0v) is 20.6. The van der Waals surface area contributed by atoms with E-state index < -0.39 is 0 Å². The van der Waals surface area contributed by atoms with Gasteiger partial charge in [-0.2, -0.15) is 0 Å². The van der Waals surface area contributed by atoms with E-state index in [1.54, 1.807) is 11.1 Å². The van der Waals surface area contributed by atoms with Crippen LogP contribution in [0.3, 0.4) is 0 Å². The SMILES string of the molecule is CCCCCCCCC1CC=C(c2ccc(C3=CCC(CCCCC)CC3)cc2)CC1. The molecule has 0 amide bonds. The van der Waals surface area contributed by atoms with Crippen LogP contribution < -0.4 is 0 Å². The van der Waals surface area contributed by atoms with Gasteiger partial charge in [0.2, 0.25) is 0 Å². The van der Waals surface area contributed by atoms with Gasteiger partial charge in [-0.05, 0) is 72.6 Å². The van der Waals surface area contributed by atoms with Crippen LogP contribution in [0.5, 0.6) is 0 Å². The predicted molar refractivity (Wildman–Crippen MR) is 139 cm³/mol. The second-order valence-corrected chi connectivity index (χ2v) is 10.4. The van der Waals surface area contributed by atoms with E-state index in [1.807, 2.05) is 0 Å². The highest BCUT2D eigenvalue weighted by Crippen LogP contribution is 2.35. The third-order valence-electron chi connectivity index (χ3n) is 7.85. The topological polar surface area (TPSA) is 0 Å². The minimum atomic E-state index is 0.936. The van der Waals surface area contributed by atoms with Crippen molar-refractivity contribution in [3.8, 4) is 0 Å². The van der Waals surface area contributed by atoms with Crippen LogP contribution in [0.25, 0.3) is 11.1 Å². The highest BCUT2D eigenvalue weighted by Gasteiger charge is 2.17. The minimum absolute atomic E-state index is 0.936. The van der Waals surface area contributed by atoms with Crippen LogP contribution >= 0.6 is 0 Å². The minimum Gasteiger partial charge on any atom is -0.0804 e. The molecule has 0 spiro atoms. The molecule has 0 heteroatoms. The fraction of sp³-hybridized carbons (Fsp3) is 0.677. The smallest absolute Gasteiger partial charge is 0.0227 e. The van der Waals surface area contributed by atoms with Crippen molar-refractivity contribution < 1.29 is 0 Å². The van der Waals surface area contributed by atoms with Gasteiger partial charge in [-0.15, -0.1) is 0 Å². The molecule has 0 saturated heterocycles. The van der Waals surface area contributed by atoms with Crippen LogP contribution in [-0.2, 0) is 0 Å². The maximum atomic E-state index is 2.56. The van der Waals surface area contributed by atoms with Crippen LogP contribution in [-0.4, -0.2) is 0 Å². The lowest BCUT2D eigenvalue weighted by molar-refractivity contribution is 0.423. The van der Waals surface area contributed by atoms with Gasteiger partial charge in [-0.3, -0.25) is 0 Å². The molecule has 1 aromatic rings. The van der Waals surface area contributed by atoms with E-state index in [9.17, 15) is 0 Å². The predicted octanol–water partition coefficient (Wildman–Crippen LogP) is 10.4. The van der Waals surface area contributed by atoms with E-state index in [2.05, 4.69) is 50.3 Å². The lowest BCUT2D eigenvalue weighted by Gasteiger charge is -2.23. The number of benzene rings is 1. The van der Waals surface area contributed by atoms with Gasteiger partial charge >= 0.3 is 0 Å². The first-order chi connectivity index (χ1) is 15.3. The van der Waals surface area contributed by atoms with Gasteiger partial charge in [0, 0.05) is 0 Å². The zero-order chi connectivity index (χ0) is 21.7. The largest absolute Gasteiger partial charge is 0.0804 e. The molecular formula is C31H48. The highest BCUT2D eigenvalue weighted by atomic mass is 14.2. The maximum absolute atomic E-state index is 2.56. The first-order valence-corrected chi connectivity index (χ1v) is 13.8. The molecule has 2 aliphatic carbocycles. The van der Waals surface area contributed by atoms with Crippen molar-refractivity contribution in [3.05, 3.63) is 47.5 Å². The van der Waals surface area contributed by atoms with Crippen LogP contribution in [0.2, 0.25) is 0 Å². The van der Waals surface area contributed by atoms with Crippen LogP contribution in [0.4, 0.5) is 0 Å². The van der Waals surface area contributed by atoms with Gasteiger partial charge in [0.1, 0.15) is 0 Å². The third kappa shape index (κ3) is 8.28. The Bertz CT molecular complexity index is 674. The summed E-state index contributed by atoms with van der Waals surface area (Å²) in [6.07, 6.45) is 28.7. The molecule has 0 radical (unpaired) electrons.